The molecule has 1 aliphatic rings. The number of nitrogens with zero attached hydrogens (tertiary/aromatic N) is 1. The summed E-state index contributed by atoms with van der Waals surface area (Å²) in [4.78, 5) is 13.5. The van der Waals surface area contributed by atoms with Gasteiger partial charge in [0.05, 0.1) is 6.10 Å². The maximum absolute atomic E-state index is 11.8. The molecule has 0 aromatic heterocycles. The monoisotopic (exact) mass is 265 g/mol. The quantitative estimate of drug-likeness (QED) is 0.877. The number of hydrogen-bond donors (Lipinski definition) is 1. The summed E-state index contributed by atoms with van der Waals surface area (Å²) < 4.78 is 10.5. The van der Waals surface area contributed by atoms with Gasteiger partial charge in [0, 0.05) is 20.0 Å². The fourth-order valence-corrected chi connectivity index (χ4v) is 1.92. The van der Waals surface area contributed by atoms with E-state index >= 15 is 0 Å². The van der Waals surface area contributed by atoms with E-state index < -0.39 is 6.10 Å². The van der Waals surface area contributed by atoms with Crippen LogP contribution in [0.1, 0.15) is 25.3 Å². The molecule has 0 radical (unpaired) electrons. The Morgan fingerprint density at radius 3 is 2.89 bits per heavy atom. The molecule has 0 saturated heterocycles. The van der Waals surface area contributed by atoms with E-state index in [4.69, 9.17) is 9.47 Å². The number of aliphatic hydroxyl groups excluding tert-OH is 1. The number of fused-ring (bicyclic) bond motifs is 1. The van der Waals surface area contributed by atoms with E-state index in [1.807, 2.05) is 18.2 Å². The van der Waals surface area contributed by atoms with Gasteiger partial charge in [0.15, 0.2) is 11.5 Å². The summed E-state index contributed by atoms with van der Waals surface area (Å²) in [6.45, 7) is 2.46. The van der Waals surface area contributed by atoms with Gasteiger partial charge in [-0.3, -0.25) is 4.79 Å². The maximum Gasteiger partial charge on any atom is 0.231 e. The lowest BCUT2D eigenvalue weighted by Crippen LogP contribution is -2.26. The third kappa shape index (κ3) is 3.61. The van der Waals surface area contributed by atoms with Gasteiger partial charge in [0.2, 0.25) is 12.7 Å². The van der Waals surface area contributed by atoms with Gasteiger partial charge in [0.1, 0.15) is 0 Å². The lowest BCUT2D eigenvalue weighted by molar-refractivity contribution is -0.131. The molecule has 0 fully saturated rings. The van der Waals surface area contributed by atoms with Crippen molar-refractivity contribution in [2.75, 3.05) is 13.8 Å². The summed E-state index contributed by atoms with van der Waals surface area (Å²) in [5, 5.41) is 9.18. The number of carbonyl (C=O) groups is 1. The predicted molar refractivity (Wildman–Crippen MR) is 70.0 cm³/mol. The van der Waals surface area contributed by atoms with E-state index in [9.17, 15) is 9.90 Å². The first-order chi connectivity index (χ1) is 9.06. The molecule has 5 heteroatoms. The number of rotatable bonds is 5. The van der Waals surface area contributed by atoms with E-state index in [1.165, 1.54) is 0 Å². The van der Waals surface area contributed by atoms with E-state index in [-0.39, 0.29) is 12.7 Å². The minimum absolute atomic E-state index is 0.0265. The third-order valence-electron chi connectivity index (χ3n) is 3.06. The van der Waals surface area contributed by atoms with Gasteiger partial charge in [-0.2, -0.15) is 0 Å². The van der Waals surface area contributed by atoms with Crippen molar-refractivity contribution in [1.29, 1.82) is 0 Å². The highest BCUT2D eigenvalue weighted by Crippen LogP contribution is 2.32. The molecular formula is C14H19NO4. The SMILES string of the molecule is CC(O)CCC(=O)N(C)Cc1ccc2c(c1)OCO2. The standard InChI is InChI=1S/C14H19NO4/c1-10(16)3-6-14(17)15(2)8-11-4-5-12-13(7-11)19-9-18-12/h4-5,7,10,16H,3,6,8-9H2,1-2H3. The molecule has 1 N–H and O–H groups in total. The summed E-state index contributed by atoms with van der Waals surface area (Å²) in [6, 6.07) is 5.67. The zero-order valence-electron chi connectivity index (χ0n) is 11.3. The third-order valence-corrected chi connectivity index (χ3v) is 3.06. The van der Waals surface area contributed by atoms with Crippen molar-refractivity contribution in [1.82, 2.24) is 4.90 Å². The van der Waals surface area contributed by atoms with Crippen LogP contribution in [-0.4, -0.2) is 35.9 Å². The first-order valence-corrected chi connectivity index (χ1v) is 6.37. The molecular weight excluding hydrogens is 246 g/mol. The molecule has 1 atom stereocenters. The summed E-state index contributed by atoms with van der Waals surface area (Å²) >= 11 is 0. The van der Waals surface area contributed by atoms with Crippen LogP contribution in [0.4, 0.5) is 0 Å². The topological polar surface area (TPSA) is 59.0 Å². The second-order valence-electron chi connectivity index (χ2n) is 4.83. The smallest absolute Gasteiger partial charge is 0.231 e. The van der Waals surface area contributed by atoms with Crippen LogP contribution in [0, 0.1) is 0 Å². The number of hydrogen-bond acceptors (Lipinski definition) is 4. The molecule has 1 unspecified atom stereocenters. The van der Waals surface area contributed by atoms with Crippen LogP contribution >= 0.6 is 0 Å². The average molecular weight is 265 g/mol. The molecule has 5 nitrogen and oxygen atoms in total. The van der Waals surface area contributed by atoms with Crippen molar-refractivity contribution in [3.05, 3.63) is 23.8 Å². The largest absolute Gasteiger partial charge is 0.454 e. The lowest BCUT2D eigenvalue weighted by Gasteiger charge is -2.18. The molecule has 19 heavy (non-hydrogen) atoms. The molecule has 2 rings (SSSR count). The summed E-state index contributed by atoms with van der Waals surface area (Å²) in [5.74, 6) is 1.49. The zero-order valence-corrected chi connectivity index (χ0v) is 11.3. The Hall–Kier alpha value is -1.75. The van der Waals surface area contributed by atoms with Crippen LogP contribution < -0.4 is 9.47 Å². The minimum atomic E-state index is -0.442. The fraction of sp³-hybridized carbons (Fsp3) is 0.500. The highest BCUT2D eigenvalue weighted by atomic mass is 16.7. The van der Waals surface area contributed by atoms with Gasteiger partial charge >= 0.3 is 0 Å². The fourth-order valence-electron chi connectivity index (χ4n) is 1.92. The lowest BCUT2D eigenvalue weighted by atomic mass is 10.1. The van der Waals surface area contributed by atoms with E-state index in [1.54, 1.807) is 18.9 Å². The summed E-state index contributed by atoms with van der Waals surface area (Å²) in [5.41, 5.74) is 0.997. The average Bonchev–Trinajstić information content (AvgIpc) is 2.83. The Morgan fingerprint density at radius 2 is 2.16 bits per heavy atom. The highest BCUT2D eigenvalue weighted by Gasteiger charge is 2.15. The van der Waals surface area contributed by atoms with Gasteiger partial charge in [-0.15, -0.1) is 0 Å². The van der Waals surface area contributed by atoms with E-state index in [0.717, 1.165) is 17.1 Å². The first kappa shape index (κ1) is 13.7. The van der Waals surface area contributed by atoms with Crippen LogP contribution in [0.15, 0.2) is 18.2 Å². The van der Waals surface area contributed by atoms with Crippen molar-refractivity contribution in [3.63, 3.8) is 0 Å². The highest BCUT2D eigenvalue weighted by molar-refractivity contribution is 5.75. The Bertz CT molecular complexity index is 459. The Balaban J connectivity index is 1.91. The number of amides is 1. The van der Waals surface area contributed by atoms with Gasteiger partial charge in [-0.05, 0) is 31.0 Å². The van der Waals surface area contributed by atoms with Crippen molar-refractivity contribution in [3.8, 4) is 11.5 Å². The van der Waals surface area contributed by atoms with Gasteiger partial charge in [0.25, 0.3) is 0 Å². The van der Waals surface area contributed by atoms with E-state index in [2.05, 4.69) is 0 Å². The van der Waals surface area contributed by atoms with Crippen LogP contribution in [-0.2, 0) is 11.3 Å². The minimum Gasteiger partial charge on any atom is -0.454 e. The number of carbonyl (C=O) groups excluding carboxylic acids is 1. The molecule has 0 aliphatic carbocycles. The van der Waals surface area contributed by atoms with Gasteiger partial charge in [-0.25, -0.2) is 0 Å². The van der Waals surface area contributed by atoms with Crippen molar-refractivity contribution in [2.24, 2.45) is 0 Å². The summed E-state index contributed by atoms with van der Waals surface area (Å²) in [6.07, 6.45) is 0.408. The zero-order chi connectivity index (χ0) is 13.8. The Kier molecular flexibility index (Phi) is 4.27. The van der Waals surface area contributed by atoms with E-state index in [0.29, 0.717) is 19.4 Å². The normalized spacial score (nSPS) is 14.3. The van der Waals surface area contributed by atoms with Crippen molar-refractivity contribution < 1.29 is 19.4 Å². The molecule has 1 amide bonds. The molecule has 1 aromatic rings. The number of aliphatic hydroxyl groups is 1. The van der Waals surface area contributed by atoms with Gasteiger partial charge < -0.3 is 19.5 Å². The molecule has 0 saturated carbocycles. The van der Waals surface area contributed by atoms with Crippen LogP contribution in [0.25, 0.3) is 0 Å². The second-order valence-corrected chi connectivity index (χ2v) is 4.83. The second kappa shape index (κ2) is 5.93. The number of ether oxygens (including phenoxy) is 2. The number of benzene rings is 1. The molecule has 1 aliphatic heterocycles. The van der Waals surface area contributed by atoms with Crippen LogP contribution in [0.3, 0.4) is 0 Å². The predicted octanol–water partition coefficient (Wildman–Crippen LogP) is 1.53. The Labute approximate surface area is 112 Å². The first-order valence-electron chi connectivity index (χ1n) is 6.37. The molecule has 1 aromatic carbocycles. The van der Waals surface area contributed by atoms with Crippen molar-refractivity contribution in [2.45, 2.75) is 32.4 Å². The van der Waals surface area contributed by atoms with Crippen LogP contribution in [0.5, 0.6) is 11.5 Å². The maximum atomic E-state index is 11.8. The molecule has 0 bridgehead atoms. The van der Waals surface area contributed by atoms with Gasteiger partial charge in [-0.1, -0.05) is 6.07 Å². The molecule has 1 heterocycles. The van der Waals surface area contributed by atoms with Crippen molar-refractivity contribution >= 4 is 5.91 Å². The van der Waals surface area contributed by atoms with Crippen LogP contribution in [0.2, 0.25) is 0 Å². The Morgan fingerprint density at radius 1 is 1.42 bits per heavy atom. The molecule has 104 valence electrons. The summed E-state index contributed by atoms with van der Waals surface area (Å²) in [7, 11) is 1.76. The molecule has 0 spiro atoms.